The summed E-state index contributed by atoms with van der Waals surface area (Å²) in [7, 11) is 0. The molecule has 0 aromatic carbocycles. The molecule has 1 N–H and O–H groups in total. The van der Waals surface area contributed by atoms with E-state index in [-0.39, 0.29) is 11.9 Å². The van der Waals surface area contributed by atoms with Gasteiger partial charge in [0.1, 0.15) is 5.82 Å². The van der Waals surface area contributed by atoms with Crippen LogP contribution >= 0.6 is 0 Å². The van der Waals surface area contributed by atoms with Gasteiger partial charge < -0.3 is 10.1 Å². The van der Waals surface area contributed by atoms with Crippen molar-refractivity contribution in [2.75, 3.05) is 18.5 Å². The highest BCUT2D eigenvalue weighted by molar-refractivity contribution is 5.43. The number of halogens is 1. The monoisotopic (exact) mass is 222 g/mol. The molecule has 5 nitrogen and oxygen atoms in total. The Balaban J connectivity index is 1.86. The van der Waals surface area contributed by atoms with Gasteiger partial charge >= 0.3 is 0 Å². The number of hydrogen-bond acceptors (Lipinski definition) is 4. The SMILES string of the molecule is Fc1ccc2nc(NC3CCOC3)nn2c1. The molecule has 1 fully saturated rings. The summed E-state index contributed by atoms with van der Waals surface area (Å²) >= 11 is 0. The van der Waals surface area contributed by atoms with Crippen LogP contribution < -0.4 is 5.32 Å². The van der Waals surface area contributed by atoms with Crippen LogP contribution in [0.1, 0.15) is 6.42 Å². The van der Waals surface area contributed by atoms with Crippen molar-refractivity contribution < 1.29 is 9.13 Å². The van der Waals surface area contributed by atoms with Gasteiger partial charge in [-0.2, -0.15) is 4.98 Å². The highest BCUT2D eigenvalue weighted by Crippen LogP contribution is 2.11. The molecule has 0 saturated carbocycles. The molecule has 1 saturated heterocycles. The summed E-state index contributed by atoms with van der Waals surface area (Å²) in [6.45, 7) is 1.43. The molecule has 2 aromatic rings. The zero-order chi connectivity index (χ0) is 11.0. The van der Waals surface area contributed by atoms with Gasteiger partial charge in [-0.25, -0.2) is 8.91 Å². The molecule has 6 heteroatoms. The van der Waals surface area contributed by atoms with E-state index in [4.69, 9.17) is 4.74 Å². The largest absolute Gasteiger partial charge is 0.379 e. The predicted molar refractivity (Wildman–Crippen MR) is 55.8 cm³/mol. The lowest BCUT2D eigenvalue weighted by molar-refractivity contribution is 0.195. The van der Waals surface area contributed by atoms with Crippen molar-refractivity contribution in [3.05, 3.63) is 24.1 Å². The minimum atomic E-state index is -0.326. The van der Waals surface area contributed by atoms with Gasteiger partial charge in [0.2, 0.25) is 5.95 Å². The van der Waals surface area contributed by atoms with E-state index in [0.29, 0.717) is 18.2 Å². The fourth-order valence-electron chi connectivity index (χ4n) is 1.75. The maximum atomic E-state index is 12.9. The molecule has 1 atom stereocenters. The predicted octanol–water partition coefficient (Wildman–Crippen LogP) is 1.07. The van der Waals surface area contributed by atoms with Crippen molar-refractivity contribution in [2.45, 2.75) is 12.5 Å². The van der Waals surface area contributed by atoms with Crippen LogP contribution in [0.3, 0.4) is 0 Å². The van der Waals surface area contributed by atoms with Gasteiger partial charge in [0.05, 0.1) is 18.8 Å². The molecular formula is C10H11FN4O. The van der Waals surface area contributed by atoms with Gasteiger partial charge in [-0.05, 0) is 18.6 Å². The van der Waals surface area contributed by atoms with Crippen LogP contribution in [0, 0.1) is 5.82 Å². The highest BCUT2D eigenvalue weighted by Gasteiger charge is 2.17. The molecule has 1 aliphatic heterocycles. The average Bonchev–Trinajstić information content (AvgIpc) is 2.86. The van der Waals surface area contributed by atoms with E-state index in [2.05, 4.69) is 15.4 Å². The van der Waals surface area contributed by atoms with Crippen LogP contribution in [-0.2, 0) is 4.74 Å². The van der Waals surface area contributed by atoms with E-state index >= 15 is 0 Å². The lowest BCUT2D eigenvalue weighted by Gasteiger charge is -2.06. The van der Waals surface area contributed by atoms with Crippen molar-refractivity contribution in [3.8, 4) is 0 Å². The van der Waals surface area contributed by atoms with Gasteiger partial charge in [0.15, 0.2) is 5.65 Å². The standard InChI is InChI=1S/C10H11FN4O/c11-7-1-2-9-13-10(14-15(9)5-7)12-8-3-4-16-6-8/h1-2,5,8H,3-4,6H2,(H,12,14). The highest BCUT2D eigenvalue weighted by atomic mass is 19.1. The molecule has 3 rings (SSSR count). The lowest BCUT2D eigenvalue weighted by atomic mass is 10.3. The first-order chi connectivity index (χ1) is 7.81. The fraction of sp³-hybridized carbons (Fsp3) is 0.400. The van der Waals surface area contributed by atoms with Gasteiger partial charge in [0, 0.05) is 6.61 Å². The Morgan fingerprint density at radius 2 is 2.44 bits per heavy atom. The van der Waals surface area contributed by atoms with Crippen molar-refractivity contribution >= 4 is 11.6 Å². The van der Waals surface area contributed by atoms with E-state index in [9.17, 15) is 4.39 Å². The van der Waals surface area contributed by atoms with E-state index in [0.717, 1.165) is 13.0 Å². The first kappa shape index (κ1) is 9.53. The number of ether oxygens (including phenoxy) is 1. The van der Waals surface area contributed by atoms with Crippen LogP contribution in [0.15, 0.2) is 18.3 Å². The number of fused-ring (bicyclic) bond motifs is 1. The zero-order valence-corrected chi connectivity index (χ0v) is 8.56. The topological polar surface area (TPSA) is 51.5 Å². The Hall–Kier alpha value is -1.69. The number of anilines is 1. The second-order valence-corrected chi connectivity index (χ2v) is 3.79. The van der Waals surface area contributed by atoms with Crippen LogP contribution in [0.4, 0.5) is 10.3 Å². The molecular weight excluding hydrogens is 211 g/mol. The molecule has 1 aliphatic rings. The summed E-state index contributed by atoms with van der Waals surface area (Å²) in [5.74, 6) is 0.189. The number of rotatable bonds is 2. The Morgan fingerprint density at radius 3 is 3.25 bits per heavy atom. The second-order valence-electron chi connectivity index (χ2n) is 3.79. The average molecular weight is 222 g/mol. The molecule has 16 heavy (non-hydrogen) atoms. The second kappa shape index (κ2) is 3.71. The quantitative estimate of drug-likeness (QED) is 0.825. The zero-order valence-electron chi connectivity index (χ0n) is 8.56. The van der Waals surface area contributed by atoms with Crippen molar-refractivity contribution in [2.24, 2.45) is 0 Å². The minimum absolute atomic E-state index is 0.252. The third-order valence-corrected chi connectivity index (χ3v) is 2.56. The van der Waals surface area contributed by atoms with Crippen molar-refractivity contribution in [1.82, 2.24) is 14.6 Å². The summed E-state index contributed by atoms with van der Waals surface area (Å²) in [6, 6.07) is 3.22. The molecule has 84 valence electrons. The van der Waals surface area contributed by atoms with Gasteiger partial charge in [0.25, 0.3) is 0 Å². The number of nitrogens with one attached hydrogen (secondary N) is 1. The maximum Gasteiger partial charge on any atom is 0.243 e. The Labute approximate surface area is 91.2 Å². The molecule has 0 amide bonds. The summed E-state index contributed by atoms with van der Waals surface area (Å²) in [6.07, 6.45) is 2.25. The summed E-state index contributed by atoms with van der Waals surface area (Å²) in [5.41, 5.74) is 0.628. The lowest BCUT2D eigenvalue weighted by Crippen LogP contribution is -2.19. The Kier molecular flexibility index (Phi) is 2.21. The van der Waals surface area contributed by atoms with Crippen LogP contribution in [0.25, 0.3) is 5.65 Å². The smallest absolute Gasteiger partial charge is 0.243 e. The molecule has 0 aliphatic carbocycles. The summed E-state index contributed by atoms with van der Waals surface area (Å²) in [4.78, 5) is 4.24. The number of hydrogen-bond donors (Lipinski definition) is 1. The maximum absolute atomic E-state index is 12.9. The number of nitrogens with zero attached hydrogens (tertiary/aromatic N) is 3. The first-order valence-electron chi connectivity index (χ1n) is 5.17. The van der Waals surface area contributed by atoms with Crippen molar-refractivity contribution in [1.29, 1.82) is 0 Å². The number of pyridine rings is 1. The molecule has 0 bridgehead atoms. The summed E-state index contributed by atoms with van der Waals surface area (Å²) < 4.78 is 19.6. The normalized spacial score (nSPS) is 20.4. The Bertz CT molecular complexity index is 506. The molecule has 0 radical (unpaired) electrons. The van der Waals surface area contributed by atoms with Crippen LogP contribution in [0.2, 0.25) is 0 Å². The van der Waals surface area contributed by atoms with Crippen molar-refractivity contribution in [3.63, 3.8) is 0 Å². The van der Waals surface area contributed by atoms with Gasteiger partial charge in [-0.1, -0.05) is 0 Å². The third-order valence-electron chi connectivity index (χ3n) is 2.56. The van der Waals surface area contributed by atoms with E-state index in [1.165, 1.54) is 16.8 Å². The van der Waals surface area contributed by atoms with E-state index in [1.807, 2.05) is 0 Å². The minimum Gasteiger partial charge on any atom is -0.379 e. The fourth-order valence-corrected chi connectivity index (χ4v) is 1.75. The number of aromatic nitrogens is 3. The van der Waals surface area contributed by atoms with Gasteiger partial charge in [-0.3, -0.25) is 0 Å². The molecule has 0 spiro atoms. The molecule has 3 heterocycles. The van der Waals surface area contributed by atoms with E-state index in [1.54, 1.807) is 6.07 Å². The van der Waals surface area contributed by atoms with Crippen LogP contribution in [-0.4, -0.2) is 33.9 Å². The molecule has 1 unspecified atom stereocenters. The van der Waals surface area contributed by atoms with Crippen LogP contribution in [0.5, 0.6) is 0 Å². The van der Waals surface area contributed by atoms with Gasteiger partial charge in [-0.15, -0.1) is 5.10 Å². The third kappa shape index (κ3) is 1.71. The first-order valence-corrected chi connectivity index (χ1v) is 5.17. The van der Waals surface area contributed by atoms with E-state index < -0.39 is 0 Å². The summed E-state index contributed by atoms with van der Waals surface area (Å²) in [5, 5.41) is 7.30. The Morgan fingerprint density at radius 1 is 1.50 bits per heavy atom. The molecule has 2 aromatic heterocycles.